The SMILES string of the molecule is O=C(O)/C=C\c1ccc(Cl)nc1. The summed E-state index contributed by atoms with van der Waals surface area (Å²) in [5, 5.41) is 8.69. The summed E-state index contributed by atoms with van der Waals surface area (Å²) in [6, 6.07) is 3.29. The van der Waals surface area contributed by atoms with E-state index in [9.17, 15) is 4.79 Å². The minimum Gasteiger partial charge on any atom is -0.478 e. The van der Waals surface area contributed by atoms with Crippen molar-refractivity contribution in [1.82, 2.24) is 4.98 Å². The zero-order valence-electron chi connectivity index (χ0n) is 6.07. The van der Waals surface area contributed by atoms with Gasteiger partial charge in [0.2, 0.25) is 0 Å². The van der Waals surface area contributed by atoms with E-state index in [2.05, 4.69) is 4.98 Å². The van der Waals surface area contributed by atoms with Crippen LogP contribution in [0, 0.1) is 0 Å². The molecule has 0 aliphatic carbocycles. The van der Waals surface area contributed by atoms with Crippen molar-refractivity contribution in [2.75, 3.05) is 0 Å². The highest BCUT2D eigenvalue weighted by Gasteiger charge is 1.90. The zero-order valence-corrected chi connectivity index (χ0v) is 6.82. The minimum absolute atomic E-state index is 0.391. The van der Waals surface area contributed by atoms with Gasteiger partial charge in [-0.1, -0.05) is 17.7 Å². The Balaban J connectivity index is 2.77. The molecule has 12 heavy (non-hydrogen) atoms. The highest BCUT2D eigenvalue weighted by Crippen LogP contribution is 2.06. The molecular weight excluding hydrogens is 178 g/mol. The van der Waals surface area contributed by atoms with E-state index in [-0.39, 0.29) is 0 Å². The number of carbonyl (C=O) groups is 1. The molecule has 0 aromatic carbocycles. The second-order valence-electron chi connectivity index (χ2n) is 2.09. The van der Waals surface area contributed by atoms with Gasteiger partial charge in [0.05, 0.1) is 0 Å². The number of aliphatic carboxylic acids is 1. The van der Waals surface area contributed by atoms with Gasteiger partial charge in [-0.15, -0.1) is 0 Å². The summed E-state index contributed by atoms with van der Waals surface area (Å²) >= 11 is 5.52. The normalized spacial score (nSPS) is 10.4. The molecule has 1 rings (SSSR count). The van der Waals surface area contributed by atoms with Gasteiger partial charge in [-0.05, 0) is 17.7 Å². The number of aromatic nitrogens is 1. The van der Waals surface area contributed by atoms with Gasteiger partial charge in [-0.2, -0.15) is 0 Å². The van der Waals surface area contributed by atoms with Crippen LogP contribution < -0.4 is 0 Å². The molecular formula is C8H6ClNO2. The van der Waals surface area contributed by atoms with Crippen LogP contribution in [0.25, 0.3) is 6.08 Å². The number of carboxylic acids is 1. The Kier molecular flexibility index (Phi) is 2.82. The number of carboxylic acid groups (broad SMARTS) is 1. The van der Waals surface area contributed by atoms with Gasteiger partial charge < -0.3 is 5.11 Å². The van der Waals surface area contributed by atoms with Crippen LogP contribution >= 0.6 is 11.6 Å². The molecule has 1 N–H and O–H groups in total. The van der Waals surface area contributed by atoms with Crippen molar-refractivity contribution in [3.63, 3.8) is 0 Å². The number of hydrogen-bond acceptors (Lipinski definition) is 2. The van der Waals surface area contributed by atoms with Gasteiger partial charge in [-0.25, -0.2) is 9.78 Å². The van der Waals surface area contributed by atoms with Crippen LogP contribution in [0.1, 0.15) is 5.56 Å². The fourth-order valence-electron chi connectivity index (χ4n) is 0.653. The molecule has 1 aromatic heterocycles. The smallest absolute Gasteiger partial charge is 0.328 e. The Bertz CT molecular complexity index is 305. The number of halogens is 1. The third-order valence-electron chi connectivity index (χ3n) is 1.17. The Morgan fingerprint density at radius 1 is 1.58 bits per heavy atom. The van der Waals surface area contributed by atoms with E-state index >= 15 is 0 Å². The fraction of sp³-hybridized carbons (Fsp3) is 0. The number of pyridine rings is 1. The van der Waals surface area contributed by atoms with E-state index in [1.807, 2.05) is 0 Å². The summed E-state index contributed by atoms with van der Waals surface area (Å²) in [6.07, 6.45) is 4.00. The molecule has 0 fully saturated rings. The van der Waals surface area contributed by atoms with Crippen LogP contribution in [0.15, 0.2) is 24.4 Å². The molecule has 0 radical (unpaired) electrons. The van der Waals surface area contributed by atoms with Crippen LogP contribution in [0.4, 0.5) is 0 Å². The molecule has 0 atom stereocenters. The molecule has 3 nitrogen and oxygen atoms in total. The van der Waals surface area contributed by atoms with Gasteiger partial charge in [0.25, 0.3) is 0 Å². The van der Waals surface area contributed by atoms with E-state index in [1.54, 1.807) is 12.1 Å². The third-order valence-corrected chi connectivity index (χ3v) is 1.39. The Morgan fingerprint density at radius 2 is 2.33 bits per heavy atom. The Labute approximate surface area is 74.3 Å². The molecule has 4 heteroatoms. The maximum atomic E-state index is 10.1. The van der Waals surface area contributed by atoms with E-state index in [4.69, 9.17) is 16.7 Å². The van der Waals surface area contributed by atoms with Gasteiger partial charge in [0.15, 0.2) is 0 Å². The molecule has 0 bridgehead atoms. The first kappa shape index (κ1) is 8.74. The van der Waals surface area contributed by atoms with Crippen LogP contribution in [0.3, 0.4) is 0 Å². The van der Waals surface area contributed by atoms with Crippen LogP contribution in [-0.2, 0) is 4.79 Å². The second kappa shape index (κ2) is 3.88. The van der Waals surface area contributed by atoms with Crippen molar-refractivity contribution < 1.29 is 9.90 Å². The van der Waals surface area contributed by atoms with Crippen molar-refractivity contribution in [3.8, 4) is 0 Å². The average molecular weight is 184 g/mol. The highest BCUT2D eigenvalue weighted by atomic mass is 35.5. The van der Waals surface area contributed by atoms with Crippen LogP contribution in [0.5, 0.6) is 0 Å². The Morgan fingerprint density at radius 3 is 2.83 bits per heavy atom. The second-order valence-corrected chi connectivity index (χ2v) is 2.47. The number of nitrogens with zero attached hydrogens (tertiary/aromatic N) is 1. The fourth-order valence-corrected chi connectivity index (χ4v) is 0.765. The molecule has 0 saturated carbocycles. The predicted molar refractivity (Wildman–Crippen MR) is 45.9 cm³/mol. The summed E-state index contributed by atoms with van der Waals surface area (Å²) in [5.74, 6) is -0.982. The maximum Gasteiger partial charge on any atom is 0.328 e. The molecule has 0 spiro atoms. The summed E-state index contributed by atoms with van der Waals surface area (Å²) < 4.78 is 0. The van der Waals surface area contributed by atoms with Crippen molar-refractivity contribution >= 4 is 23.6 Å². The van der Waals surface area contributed by atoms with Crippen molar-refractivity contribution in [3.05, 3.63) is 35.1 Å². The van der Waals surface area contributed by atoms with Crippen molar-refractivity contribution in [2.45, 2.75) is 0 Å². The summed E-state index contributed by atoms with van der Waals surface area (Å²) in [5.41, 5.74) is 0.710. The molecule has 0 aliphatic rings. The van der Waals surface area contributed by atoms with Crippen LogP contribution in [-0.4, -0.2) is 16.1 Å². The minimum atomic E-state index is -0.982. The summed E-state index contributed by atoms with van der Waals surface area (Å²) in [4.78, 5) is 13.9. The van der Waals surface area contributed by atoms with Crippen molar-refractivity contribution in [2.24, 2.45) is 0 Å². The maximum absolute atomic E-state index is 10.1. The summed E-state index contributed by atoms with van der Waals surface area (Å²) in [6.45, 7) is 0. The number of rotatable bonds is 2. The predicted octanol–water partition coefficient (Wildman–Crippen LogP) is 1.83. The quantitative estimate of drug-likeness (QED) is 0.562. The largest absolute Gasteiger partial charge is 0.478 e. The monoisotopic (exact) mass is 183 g/mol. The van der Waals surface area contributed by atoms with Crippen LogP contribution in [0.2, 0.25) is 5.15 Å². The van der Waals surface area contributed by atoms with Gasteiger partial charge in [0, 0.05) is 12.3 Å². The van der Waals surface area contributed by atoms with Crippen molar-refractivity contribution in [1.29, 1.82) is 0 Å². The lowest BCUT2D eigenvalue weighted by atomic mass is 10.2. The molecule has 0 saturated heterocycles. The van der Waals surface area contributed by atoms with E-state index in [0.29, 0.717) is 10.7 Å². The average Bonchev–Trinajstić information content (AvgIpc) is 2.03. The molecule has 0 aliphatic heterocycles. The molecule has 0 amide bonds. The first-order valence-electron chi connectivity index (χ1n) is 3.21. The lowest BCUT2D eigenvalue weighted by molar-refractivity contribution is -0.131. The first-order chi connectivity index (χ1) is 5.68. The Hall–Kier alpha value is -1.35. The lowest BCUT2D eigenvalue weighted by Crippen LogP contribution is -1.85. The lowest BCUT2D eigenvalue weighted by Gasteiger charge is -1.90. The van der Waals surface area contributed by atoms with Gasteiger partial charge in [-0.3, -0.25) is 0 Å². The molecule has 0 unspecified atom stereocenters. The number of hydrogen-bond donors (Lipinski definition) is 1. The van der Waals surface area contributed by atoms with E-state index in [1.165, 1.54) is 12.3 Å². The third kappa shape index (κ3) is 2.72. The van der Waals surface area contributed by atoms with Gasteiger partial charge >= 0.3 is 5.97 Å². The molecule has 1 heterocycles. The standard InChI is InChI=1S/C8H6ClNO2/c9-7-3-1-6(5-10-7)2-4-8(11)12/h1-5H,(H,11,12)/b4-2-. The zero-order chi connectivity index (χ0) is 8.97. The van der Waals surface area contributed by atoms with E-state index in [0.717, 1.165) is 6.08 Å². The van der Waals surface area contributed by atoms with E-state index < -0.39 is 5.97 Å². The highest BCUT2D eigenvalue weighted by molar-refractivity contribution is 6.29. The molecule has 1 aromatic rings. The van der Waals surface area contributed by atoms with Gasteiger partial charge in [0.1, 0.15) is 5.15 Å². The first-order valence-corrected chi connectivity index (χ1v) is 3.59. The summed E-state index contributed by atoms with van der Waals surface area (Å²) in [7, 11) is 0. The topological polar surface area (TPSA) is 50.2 Å². The molecule has 62 valence electrons.